The molecule has 3 aromatic rings. The maximum Gasteiger partial charge on any atom is 0.340 e. The van der Waals surface area contributed by atoms with Crippen molar-refractivity contribution >= 4 is 22.6 Å². The second kappa shape index (κ2) is 12.8. The molecule has 0 unspecified atom stereocenters. The van der Waals surface area contributed by atoms with E-state index in [0.29, 0.717) is 99.1 Å². The largest absolute Gasteiger partial charge is 0.487 e. The minimum atomic E-state index is -0.470. The third kappa shape index (κ3) is 6.80. The van der Waals surface area contributed by atoms with Crippen molar-refractivity contribution in [1.82, 2.24) is 9.97 Å². The molecule has 0 fully saturated rings. The van der Waals surface area contributed by atoms with E-state index in [1.165, 1.54) is 6.33 Å². The van der Waals surface area contributed by atoms with Crippen LogP contribution in [0.3, 0.4) is 0 Å². The monoisotopic (exact) mass is 515 g/mol. The lowest BCUT2D eigenvalue weighted by Crippen LogP contribution is -2.10. The number of aromatic nitrogens is 2. The molecule has 37 heavy (non-hydrogen) atoms. The van der Waals surface area contributed by atoms with E-state index >= 15 is 0 Å². The first kappa shape index (κ1) is 26.0. The summed E-state index contributed by atoms with van der Waals surface area (Å²) in [6.07, 6.45) is 1.37. The molecule has 0 saturated heterocycles. The highest BCUT2D eigenvalue weighted by atomic mass is 16.6. The summed E-state index contributed by atoms with van der Waals surface area (Å²) >= 11 is 0. The fraction of sp³-hybridized carbons (Fsp3) is 0.400. The number of benzene rings is 2. The number of ether oxygens (including phenoxy) is 7. The summed E-state index contributed by atoms with van der Waals surface area (Å²) in [5.74, 6) is 1.65. The van der Waals surface area contributed by atoms with Crippen molar-refractivity contribution in [2.75, 3.05) is 65.2 Å². The van der Waals surface area contributed by atoms with Gasteiger partial charge in [-0.25, -0.2) is 9.78 Å². The molecule has 2 aliphatic heterocycles. The molecule has 198 valence electrons. The number of aromatic amines is 1. The van der Waals surface area contributed by atoms with E-state index in [-0.39, 0.29) is 11.1 Å². The van der Waals surface area contributed by atoms with E-state index in [2.05, 4.69) is 9.97 Å². The maximum atomic E-state index is 11.7. The van der Waals surface area contributed by atoms with E-state index in [4.69, 9.17) is 38.9 Å². The van der Waals surface area contributed by atoms with Crippen LogP contribution < -0.4 is 30.2 Å². The molecular weight excluding hydrogens is 486 g/mol. The molecule has 0 saturated carbocycles. The van der Waals surface area contributed by atoms with Gasteiger partial charge in [-0.15, -0.1) is 0 Å². The molecule has 3 N–H and O–H groups in total. The van der Waals surface area contributed by atoms with Crippen LogP contribution in [0.5, 0.6) is 23.0 Å². The molecule has 12 nitrogen and oxygen atoms in total. The molecule has 0 spiro atoms. The lowest BCUT2D eigenvalue weighted by molar-refractivity contribution is 0.0527. The summed E-state index contributed by atoms with van der Waals surface area (Å²) < 4.78 is 37.6. The Bertz CT molecular complexity index is 1280. The highest BCUT2D eigenvalue weighted by Crippen LogP contribution is 2.33. The van der Waals surface area contributed by atoms with Gasteiger partial charge in [0.15, 0.2) is 23.0 Å². The van der Waals surface area contributed by atoms with Gasteiger partial charge >= 0.3 is 5.97 Å². The van der Waals surface area contributed by atoms with Crippen LogP contribution in [-0.2, 0) is 14.2 Å². The van der Waals surface area contributed by atoms with Gasteiger partial charge < -0.3 is 43.9 Å². The van der Waals surface area contributed by atoms with E-state index in [1.807, 2.05) is 0 Å². The number of fused-ring (bicyclic) bond motifs is 3. The van der Waals surface area contributed by atoms with E-state index in [0.717, 1.165) is 0 Å². The summed E-state index contributed by atoms with van der Waals surface area (Å²) in [4.78, 5) is 30.1. The third-order valence-corrected chi connectivity index (χ3v) is 5.26. The zero-order chi connectivity index (χ0) is 26.0. The van der Waals surface area contributed by atoms with Crippen LogP contribution in [0.1, 0.15) is 17.3 Å². The van der Waals surface area contributed by atoms with Crippen molar-refractivity contribution in [3.63, 3.8) is 0 Å². The molecule has 5 rings (SSSR count). The minimum Gasteiger partial charge on any atom is -0.487 e. The Hall–Kier alpha value is -4.03. The second-order valence-electron chi connectivity index (χ2n) is 7.77. The number of H-pyrrole nitrogens is 1. The fourth-order valence-corrected chi connectivity index (χ4v) is 3.53. The van der Waals surface area contributed by atoms with E-state index in [9.17, 15) is 9.59 Å². The highest BCUT2D eigenvalue weighted by molar-refractivity contribution is 5.96. The average Bonchev–Trinajstić information content (AvgIpc) is 3.08. The van der Waals surface area contributed by atoms with Gasteiger partial charge in [-0.2, -0.15) is 0 Å². The first-order valence-electron chi connectivity index (χ1n) is 11.9. The number of nitrogens with one attached hydrogen (secondary N) is 1. The van der Waals surface area contributed by atoms with Crippen molar-refractivity contribution in [3.8, 4) is 23.0 Å². The zero-order valence-corrected chi connectivity index (χ0v) is 20.4. The number of carbonyl (C=O) groups is 1. The van der Waals surface area contributed by atoms with Gasteiger partial charge in [0.25, 0.3) is 5.56 Å². The van der Waals surface area contributed by atoms with Gasteiger partial charge in [0, 0.05) is 18.2 Å². The molecule has 0 amide bonds. The summed E-state index contributed by atoms with van der Waals surface area (Å²) in [5, 5.41) is 0.486. The van der Waals surface area contributed by atoms with Crippen molar-refractivity contribution < 1.29 is 38.0 Å². The van der Waals surface area contributed by atoms with Crippen molar-refractivity contribution in [2.24, 2.45) is 0 Å². The molecular formula is C25H29N3O9. The number of nitrogens with zero attached hydrogens (tertiary/aromatic N) is 1. The SMILES string of the molecule is CCOC(=O)c1cc2c(cc1N)OCCOCCO2.O=c1[nH]cnc2cc3c(cc12)OCCOCCO3. The van der Waals surface area contributed by atoms with Crippen LogP contribution in [-0.4, -0.2) is 75.4 Å². The van der Waals surface area contributed by atoms with Crippen LogP contribution >= 0.6 is 0 Å². The van der Waals surface area contributed by atoms with E-state index in [1.54, 1.807) is 31.2 Å². The van der Waals surface area contributed by atoms with Gasteiger partial charge in [0.05, 0.1) is 61.5 Å². The summed E-state index contributed by atoms with van der Waals surface area (Å²) in [5.41, 5.74) is 6.82. The van der Waals surface area contributed by atoms with Gasteiger partial charge in [-0.1, -0.05) is 0 Å². The number of carbonyl (C=O) groups excluding carboxylic acids is 1. The van der Waals surface area contributed by atoms with E-state index < -0.39 is 5.97 Å². The summed E-state index contributed by atoms with van der Waals surface area (Å²) in [6, 6.07) is 6.49. The number of esters is 1. The topological polar surface area (TPSA) is 153 Å². The van der Waals surface area contributed by atoms with Crippen molar-refractivity contribution in [1.29, 1.82) is 0 Å². The molecule has 0 aliphatic carbocycles. The number of hydrogen-bond acceptors (Lipinski definition) is 11. The molecule has 0 bridgehead atoms. The first-order valence-corrected chi connectivity index (χ1v) is 11.9. The predicted octanol–water partition coefficient (Wildman–Crippen LogP) is 1.94. The van der Waals surface area contributed by atoms with Crippen molar-refractivity contribution in [2.45, 2.75) is 6.92 Å². The highest BCUT2D eigenvalue weighted by Gasteiger charge is 2.18. The Kier molecular flexibility index (Phi) is 9.00. The third-order valence-electron chi connectivity index (χ3n) is 5.26. The quantitative estimate of drug-likeness (QED) is 0.380. The van der Waals surface area contributed by atoms with Crippen LogP contribution in [0.4, 0.5) is 5.69 Å². The molecule has 2 aliphatic rings. The Morgan fingerprint density at radius 3 is 2.00 bits per heavy atom. The Morgan fingerprint density at radius 2 is 1.41 bits per heavy atom. The fourth-order valence-electron chi connectivity index (χ4n) is 3.53. The Morgan fingerprint density at radius 1 is 0.865 bits per heavy atom. The number of nitrogen functional groups attached to an aromatic ring is 1. The smallest absolute Gasteiger partial charge is 0.340 e. The van der Waals surface area contributed by atoms with Gasteiger partial charge in [-0.05, 0) is 13.0 Å². The number of rotatable bonds is 2. The van der Waals surface area contributed by atoms with Crippen LogP contribution in [0.25, 0.3) is 10.9 Å². The summed E-state index contributed by atoms with van der Waals surface area (Å²) in [6.45, 7) is 5.70. The van der Waals surface area contributed by atoms with Gasteiger partial charge in [-0.3, -0.25) is 4.79 Å². The average molecular weight is 516 g/mol. The lowest BCUT2D eigenvalue weighted by Gasteiger charge is -2.13. The standard InChI is InChI=1S/C13H17NO5.C12H12N2O4/c1-2-17-13(15)9-7-11-12(8-10(9)14)19-6-4-16-3-5-18-11;15-12-8-5-10-11(6-9(8)13-7-14-12)18-4-2-16-1-3-17-10/h7-8H,2-6,14H2,1H3;5-7H,1-4H2,(H,13,14,15). The lowest BCUT2D eigenvalue weighted by atomic mass is 10.1. The predicted molar refractivity (Wildman–Crippen MR) is 133 cm³/mol. The molecule has 3 heterocycles. The van der Waals surface area contributed by atoms with Crippen LogP contribution in [0, 0.1) is 0 Å². The Labute approximate surface area is 212 Å². The Balaban J connectivity index is 0.000000173. The van der Waals surface area contributed by atoms with Crippen LogP contribution in [0.15, 0.2) is 35.4 Å². The van der Waals surface area contributed by atoms with Crippen LogP contribution in [0.2, 0.25) is 0 Å². The number of nitrogens with two attached hydrogens (primary N) is 1. The molecule has 1 aromatic heterocycles. The normalized spacial score (nSPS) is 15.4. The number of anilines is 1. The molecule has 12 heteroatoms. The molecule has 2 aromatic carbocycles. The zero-order valence-electron chi connectivity index (χ0n) is 20.4. The van der Waals surface area contributed by atoms with Gasteiger partial charge in [0.1, 0.15) is 26.4 Å². The number of hydrogen-bond donors (Lipinski definition) is 2. The first-order chi connectivity index (χ1) is 18.1. The molecule has 0 atom stereocenters. The van der Waals surface area contributed by atoms with Crippen molar-refractivity contribution in [3.05, 3.63) is 46.5 Å². The maximum absolute atomic E-state index is 11.7. The van der Waals surface area contributed by atoms with Gasteiger partial charge in [0.2, 0.25) is 0 Å². The minimum absolute atomic E-state index is 0.192. The summed E-state index contributed by atoms with van der Waals surface area (Å²) in [7, 11) is 0. The second-order valence-corrected chi connectivity index (χ2v) is 7.77. The molecule has 0 radical (unpaired) electrons.